The molecule has 0 heterocycles. The van der Waals surface area contributed by atoms with Crippen molar-refractivity contribution in [3.63, 3.8) is 0 Å². The minimum absolute atomic E-state index is 0.219. The van der Waals surface area contributed by atoms with Gasteiger partial charge in [0.25, 0.3) is 5.91 Å². The summed E-state index contributed by atoms with van der Waals surface area (Å²) in [5.74, 6) is 0.345. The highest BCUT2D eigenvalue weighted by atomic mass is 35.5. The summed E-state index contributed by atoms with van der Waals surface area (Å²) in [4.78, 5) is 10.8. The molecule has 1 aromatic rings. The van der Waals surface area contributed by atoms with E-state index in [1.165, 1.54) is 32.1 Å². The Bertz CT molecular complexity index is 516. The van der Waals surface area contributed by atoms with E-state index in [-0.39, 0.29) is 6.61 Å². The van der Waals surface area contributed by atoms with Crippen LogP contribution in [-0.4, -0.2) is 25.7 Å². The summed E-state index contributed by atoms with van der Waals surface area (Å²) < 4.78 is 10.6. The van der Waals surface area contributed by atoms with E-state index in [2.05, 4.69) is 5.32 Å². The number of primary amides is 1. The molecule has 6 heteroatoms. The van der Waals surface area contributed by atoms with Crippen molar-refractivity contribution in [1.82, 2.24) is 0 Å². The predicted molar refractivity (Wildman–Crippen MR) is 85.2 cm³/mol. The van der Waals surface area contributed by atoms with Gasteiger partial charge in [-0.1, -0.05) is 18.0 Å². The van der Waals surface area contributed by atoms with Gasteiger partial charge in [-0.3, -0.25) is 4.79 Å². The quantitative estimate of drug-likeness (QED) is 0.798. The Morgan fingerprint density at radius 2 is 2.09 bits per heavy atom. The number of nitrogens with two attached hydrogens (primary N) is 2. The van der Waals surface area contributed by atoms with Gasteiger partial charge in [-0.2, -0.15) is 0 Å². The SMILES string of the molecule is COc1cc(C[NH2+]C2CCCCC2)cc(Cl)c1OCC(N)=O. The number of ether oxygens (including phenoxy) is 2. The molecule has 1 fully saturated rings. The molecular formula is C16H24ClN2O3+. The van der Waals surface area contributed by atoms with E-state index in [0.717, 1.165) is 12.1 Å². The molecule has 122 valence electrons. The number of methoxy groups -OCH3 is 1. The lowest BCUT2D eigenvalue weighted by atomic mass is 9.95. The van der Waals surface area contributed by atoms with Gasteiger partial charge in [0.2, 0.25) is 0 Å². The van der Waals surface area contributed by atoms with Gasteiger partial charge < -0.3 is 20.5 Å². The minimum atomic E-state index is -0.548. The first-order valence-corrected chi connectivity index (χ1v) is 8.08. The first-order chi connectivity index (χ1) is 10.6. The van der Waals surface area contributed by atoms with E-state index < -0.39 is 5.91 Å². The summed E-state index contributed by atoms with van der Waals surface area (Å²) >= 11 is 6.25. The van der Waals surface area contributed by atoms with E-state index >= 15 is 0 Å². The van der Waals surface area contributed by atoms with Crippen LogP contribution in [0, 0.1) is 0 Å². The first kappa shape index (κ1) is 16.9. The summed E-state index contributed by atoms with van der Waals surface area (Å²) in [6, 6.07) is 4.46. The Morgan fingerprint density at radius 3 is 2.73 bits per heavy atom. The van der Waals surface area contributed by atoms with E-state index in [4.69, 9.17) is 26.8 Å². The normalized spacial score (nSPS) is 15.5. The van der Waals surface area contributed by atoms with Crippen molar-refractivity contribution in [3.05, 3.63) is 22.7 Å². The van der Waals surface area contributed by atoms with Crippen LogP contribution in [-0.2, 0) is 11.3 Å². The Kier molecular flexibility index (Phi) is 6.34. The summed E-state index contributed by atoms with van der Waals surface area (Å²) in [5.41, 5.74) is 6.17. The van der Waals surface area contributed by atoms with Gasteiger partial charge in [0.15, 0.2) is 18.1 Å². The Balaban J connectivity index is 2.02. The fourth-order valence-electron chi connectivity index (χ4n) is 2.85. The number of carbonyl (C=O) groups is 1. The fraction of sp³-hybridized carbons (Fsp3) is 0.562. The van der Waals surface area contributed by atoms with Crippen LogP contribution in [0.15, 0.2) is 12.1 Å². The van der Waals surface area contributed by atoms with E-state index in [1.807, 2.05) is 12.1 Å². The van der Waals surface area contributed by atoms with Gasteiger partial charge in [-0.15, -0.1) is 0 Å². The molecule has 22 heavy (non-hydrogen) atoms. The molecule has 1 aliphatic carbocycles. The molecule has 0 atom stereocenters. The average Bonchev–Trinajstić information content (AvgIpc) is 2.52. The van der Waals surface area contributed by atoms with Gasteiger partial charge >= 0.3 is 0 Å². The van der Waals surface area contributed by atoms with E-state index in [1.54, 1.807) is 7.11 Å². The molecule has 1 saturated carbocycles. The smallest absolute Gasteiger partial charge is 0.255 e. The van der Waals surface area contributed by atoms with Gasteiger partial charge in [0.1, 0.15) is 6.54 Å². The minimum Gasteiger partial charge on any atom is -0.493 e. The number of hydrogen-bond acceptors (Lipinski definition) is 3. The second-order valence-electron chi connectivity index (χ2n) is 5.70. The lowest BCUT2D eigenvalue weighted by Gasteiger charge is -2.20. The van der Waals surface area contributed by atoms with E-state index in [0.29, 0.717) is 22.6 Å². The molecule has 2 rings (SSSR count). The molecule has 4 N–H and O–H groups in total. The topological polar surface area (TPSA) is 78.2 Å². The molecule has 5 nitrogen and oxygen atoms in total. The van der Waals surface area contributed by atoms with Crippen molar-refractivity contribution >= 4 is 17.5 Å². The number of carbonyl (C=O) groups excluding carboxylic acids is 1. The average molecular weight is 328 g/mol. The molecule has 0 saturated heterocycles. The van der Waals surface area contributed by atoms with Crippen LogP contribution in [0.4, 0.5) is 0 Å². The molecule has 1 amide bonds. The number of quaternary nitrogens is 1. The molecular weight excluding hydrogens is 304 g/mol. The van der Waals surface area contributed by atoms with Crippen LogP contribution in [0.5, 0.6) is 11.5 Å². The number of hydrogen-bond donors (Lipinski definition) is 2. The third-order valence-corrected chi connectivity index (χ3v) is 4.27. The summed E-state index contributed by atoms with van der Waals surface area (Å²) in [6.07, 6.45) is 6.57. The van der Waals surface area contributed by atoms with Crippen molar-refractivity contribution in [2.75, 3.05) is 13.7 Å². The second-order valence-corrected chi connectivity index (χ2v) is 6.11. The molecule has 0 aliphatic heterocycles. The van der Waals surface area contributed by atoms with Crippen LogP contribution in [0.3, 0.4) is 0 Å². The zero-order valence-electron chi connectivity index (χ0n) is 12.9. The molecule has 1 aliphatic rings. The molecule has 0 spiro atoms. The lowest BCUT2D eigenvalue weighted by molar-refractivity contribution is -0.706. The summed E-state index contributed by atoms with van der Waals surface area (Å²) in [7, 11) is 1.55. The van der Waals surface area contributed by atoms with Crippen LogP contribution in [0.25, 0.3) is 0 Å². The van der Waals surface area contributed by atoms with Gasteiger partial charge in [-0.25, -0.2) is 0 Å². The molecule has 1 aromatic carbocycles. The molecule has 0 aromatic heterocycles. The zero-order valence-corrected chi connectivity index (χ0v) is 13.7. The highest BCUT2D eigenvalue weighted by Gasteiger charge is 2.18. The van der Waals surface area contributed by atoms with E-state index in [9.17, 15) is 4.79 Å². The lowest BCUT2D eigenvalue weighted by Crippen LogP contribution is -2.88. The molecule has 0 radical (unpaired) electrons. The van der Waals surface area contributed by atoms with Gasteiger partial charge in [-0.05, 0) is 37.8 Å². The van der Waals surface area contributed by atoms with Crippen molar-refractivity contribution in [2.24, 2.45) is 5.73 Å². The second kappa shape index (κ2) is 8.25. The Morgan fingerprint density at radius 1 is 1.36 bits per heavy atom. The van der Waals surface area contributed by atoms with Gasteiger partial charge in [0, 0.05) is 5.56 Å². The predicted octanol–water partition coefficient (Wildman–Crippen LogP) is 1.61. The first-order valence-electron chi connectivity index (χ1n) is 7.71. The standard InChI is InChI=1S/C16H23ClN2O3/c1-21-14-8-11(9-19-12-5-3-2-4-6-12)7-13(17)16(14)22-10-15(18)20/h7-8,12,19H,2-6,9-10H2,1H3,(H2,18,20)/p+1. The summed E-state index contributed by atoms with van der Waals surface area (Å²) in [6.45, 7) is 0.639. The number of rotatable bonds is 7. The molecule has 0 bridgehead atoms. The van der Waals surface area contributed by atoms with Crippen molar-refractivity contribution in [2.45, 2.75) is 44.7 Å². The highest BCUT2D eigenvalue weighted by Crippen LogP contribution is 2.36. The fourth-order valence-corrected chi connectivity index (χ4v) is 3.13. The number of benzene rings is 1. The number of amides is 1. The van der Waals surface area contributed by atoms with Crippen LogP contribution in [0.1, 0.15) is 37.7 Å². The largest absolute Gasteiger partial charge is 0.493 e. The van der Waals surface area contributed by atoms with Crippen LogP contribution < -0.4 is 20.5 Å². The van der Waals surface area contributed by atoms with Crippen LogP contribution >= 0.6 is 11.6 Å². The maximum absolute atomic E-state index is 10.8. The summed E-state index contributed by atoms with van der Waals surface area (Å²) in [5, 5.41) is 2.81. The Hall–Kier alpha value is -1.46. The Labute approximate surface area is 136 Å². The zero-order chi connectivity index (χ0) is 15.9. The van der Waals surface area contributed by atoms with Gasteiger partial charge in [0.05, 0.1) is 18.2 Å². The third-order valence-electron chi connectivity index (χ3n) is 3.98. The maximum Gasteiger partial charge on any atom is 0.255 e. The highest BCUT2D eigenvalue weighted by molar-refractivity contribution is 6.32. The van der Waals surface area contributed by atoms with Crippen molar-refractivity contribution in [3.8, 4) is 11.5 Å². The van der Waals surface area contributed by atoms with Crippen molar-refractivity contribution in [1.29, 1.82) is 0 Å². The van der Waals surface area contributed by atoms with Crippen molar-refractivity contribution < 1.29 is 19.6 Å². The van der Waals surface area contributed by atoms with Crippen LogP contribution in [0.2, 0.25) is 5.02 Å². The maximum atomic E-state index is 10.8. The third kappa shape index (κ3) is 4.78. The number of halogens is 1. The molecule has 0 unspecified atom stereocenters. The monoisotopic (exact) mass is 327 g/mol.